The minimum Gasteiger partial charge on any atom is -0.423 e. The van der Waals surface area contributed by atoms with Crippen molar-refractivity contribution in [1.29, 1.82) is 0 Å². The van der Waals surface area contributed by atoms with E-state index in [4.69, 9.17) is 4.74 Å². The van der Waals surface area contributed by atoms with Crippen molar-refractivity contribution in [3.8, 4) is 5.75 Å². The van der Waals surface area contributed by atoms with Crippen LogP contribution >= 0.6 is 0 Å². The minimum atomic E-state index is -0.479. The van der Waals surface area contributed by atoms with Crippen LogP contribution in [-0.2, 0) is 4.79 Å². The number of benzene rings is 7. The zero-order chi connectivity index (χ0) is 39.2. The molecule has 2 unspecified atom stereocenters. The molecule has 2 atom stereocenters. The molecule has 0 saturated carbocycles. The maximum absolute atomic E-state index is 11.7. The lowest BCUT2D eigenvalue weighted by atomic mass is 9.88. The molecule has 0 saturated heterocycles. The largest absolute Gasteiger partial charge is 0.423 e. The summed E-state index contributed by atoms with van der Waals surface area (Å²) in [5.41, 5.74) is 15.2. The molecule has 0 amide bonds. The number of hydrogen-bond donors (Lipinski definition) is 0. The van der Waals surface area contributed by atoms with Crippen molar-refractivity contribution in [2.24, 2.45) is 0 Å². The molecular formula is C52H48N2O2. The predicted octanol–water partition coefficient (Wildman–Crippen LogP) is 13.9. The molecule has 7 aromatic rings. The molecule has 0 heterocycles. The van der Waals surface area contributed by atoms with Gasteiger partial charge in [0.2, 0.25) is 0 Å². The molecule has 0 spiro atoms. The van der Waals surface area contributed by atoms with Crippen LogP contribution in [0, 0.1) is 20.8 Å². The van der Waals surface area contributed by atoms with E-state index in [-0.39, 0.29) is 11.8 Å². The summed E-state index contributed by atoms with van der Waals surface area (Å²) in [7, 11) is 0. The number of nitrogens with zero attached hydrogens (tertiary/aromatic N) is 2. The molecule has 0 radical (unpaired) electrons. The first kappa shape index (κ1) is 37.7. The van der Waals surface area contributed by atoms with Crippen LogP contribution in [0.15, 0.2) is 183 Å². The lowest BCUT2D eigenvalue weighted by molar-refractivity contribution is -0.128. The summed E-state index contributed by atoms with van der Waals surface area (Å²) in [4.78, 5) is 16.3. The van der Waals surface area contributed by atoms with Crippen molar-refractivity contribution < 1.29 is 9.53 Å². The van der Waals surface area contributed by atoms with Gasteiger partial charge in [-0.3, -0.25) is 0 Å². The highest BCUT2D eigenvalue weighted by Crippen LogP contribution is 2.38. The van der Waals surface area contributed by atoms with Crippen LogP contribution in [0.4, 0.5) is 34.1 Å². The number of ether oxygens (including phenoxy) is 1. The van der Waals surface area contributed by atoms with Crippen molar-refractivity contribution >= 4 is 40.1 Å². The standard InChI is InChI=1S/C52H48N2O2/c1-7-52(55)56-51-34-32-50(33-35-51)54(47-26-12-38(4)13-27-47)49-30-20-44(21-31-49)40(6)42-16-14-41(15-17-42)39(5)43-18-28-48(29-19-43)53(45-22-8-36(2)9-23-45)46-24-10-37(3)11-25-46/h7-35,39-40H,1H2,2-6H3. The lowest BCUT2D eigenvalue weighted by Crippen LogP contribution is -2.10. The molecule has 0 aliphatic rings. The smallest absolute Gasteiger partial charge is 0.335 e. The van der Waals surface area contributed by atoms with Gasteiger partial charge in [-0.05, 0) is 128 Å². The predicted molar refractivity (Wildman–Crippen MR) is 234 cm³/mol. The van der Waals surface area contributed by atoms with Gasteiger partial charge in [-0.1, -0.05) is 122 Å². The third kappa shape index (κ3) is 8.51. The van der Waals surface area contributed by atoms with Gasteiger partial charge in [0.05, 0.1) is 0 Å². The van der Waals surface area contributed by atoms with E-state index >= 15 is 0 Å². The summed E-state index contributed by atoms with van der Waals surface area (Å²) in [6.07, 6.45) is 1.16. The molecule has 0 bridgehead atoms. The lowest BCUT2D eigenvalue weighted by Gasteiger charge is -2.26. The minimum absolute atomic E-state index is 0.217. The Balaban J connectivity index is 1.07. The monoisotopic (exact) mass is 732 g/mol. The van der Waals surface area contributed by atoms with Gasteiger partial charge in [-0.25, -0.2) is 4.79 Å². The van der Waals surface area contributed by atoms with Crippen molar-refractivity contribution in [3.63, 3.8) is 0 Å². The number of aryl methyl sites for hydroxylation is 3. The second-order valence-corrected chi connectivity index (χ2v) is 14.6. The first-order chi connectivity index (χ1) is 27.2. The molecule has 278 valence electrons. The fourth-order valence-corrected chi connectivity index (χ4v) is 7.08. The summed E-state index contributed by atoms with van der Waals surface area (Å²) in [5.74, 6) is 0.459. The molecular weight excluding hydrogens is 685 g/mol. The van der Waals surface area contributed by atoms with Crippen LogP contribution in [0.3, 0.4) is 0 Å². The Labute approximate surface area is 332 Å². The molecule has 0 N–H and O–H groups in total. The first-order valence-electron chi connectivity index (χ1n) is 19.2. The zero-order valence-electron chi connectivity index (χ0n) is 32.8. The van der Waals surface area contributed by atoms with Crippen LogP contribution < -0.4 is 14.5 Å². The van der Waals surface area contributed by atoms with Gasteiger partial charge >= 0.3 is 5.97 Å². The van der Waals surface area contributed by atoms with E-state index in [0.717, 1.165) is 40.2 Å². The summed E-state index contributed by atoms with van der Waals surface area (Å²) in [6, 6.07) is 60.3. The number of esters is 1. The van der Waals surface area contributed by atoms with Crippen LogP contribution in [0.2, 0.25) is 0 Å². The number of carbonyl (C=O) groups excluding carboxylic acids is 1. The van der Waals surface area contributed by atoms with Crippen LogP contribution in [-0.4, -0.2) is 5.97 Å². The van der Waals surface area contributed by atoms with Crippen molar-refractivity contribution in [3.05, 3.63) is 221 Å². The summed E-state index contributed by atoms with van der Waals surface area (Å²) in [6.45, 7) is 14.4. The Morgan fingerprint density at radius 1 is 0.429 bits per heavy atom. The molecule has 7 rings (SSSR count). The van der Waals surface area contributed by atoms with Gasteiger partial charge < -0.3 is 14.5 Å². The highest BCUT2D eigenvalue weighted by molar-refractivity contribution is 5.84. The van der Waals surface area contributed by atoms with Crippen molar-refractivity contribution in [2.75, 3.05) is 9.80 Å². The van der Waals surface area contributed by atoms with Crippen molar-refractivity contribution in [1.82, 2.24) is 0 Å². The van der Waals surface area contributed by atoms with E-state index in [9.17, 15) is 4.79 Å². The Bertz CT molecular complexity index is 2330. The average Bonchev–Trinajstić information content (AvgIpc) is 3.23. The average molecular weight is 733 g/mol. The van der Waals surface area contributed by atoms with Gasteiger partial charge in [-0.2, -0.15) is 0 Å². The molecule has 0 aromatic heterocycles. The molecule has 4 nitrogen and oxygen atoms in total. The van der Waals surface area contributed by atoms with E-state index in [1.54, 1.807) is 12.1 Å². The maximum Gasteiger partial charge on any atom is 0.335 e. The van der Waals surface area contributed by atoms with Crippen molar-refractivity contribution in [2.45, 2.75) is 46.5 Å². The number of carbonyl (C=O) groups is 1. The summed E-state index contributed by atoms with van der Waals surface area (Å²) in [5, 5.41) is 0. The highest BCUT2D eigenvalue weighted by atomic mass is 16.5. The molecule has 0 fully saturated rings. The molecule has 56 heavy (non-hydrogen) atoms. The Kier molecular flexibility index (Phi) is 11.3. The fraction of sp³-hybridized carbons (Fsp3) is 0.135. The molecule has 0 aliphatic carbocycles. The van der Waals surface area contributed by atoms with Gasteiger partial charge in [0.15, 0.2) is 0 Å². The van der Waals surface area contributed by atoms with E-state index < -0.39 is 5.97 Å². The number of hydrogen-bond acceptors (Lipinski definition) is 4. The third-order valence-electron chi connectivity index (χ3n) is 10.6. The normalized spacial score (nSPS) is 12.0. The highest BCUT2D eigenvalue weighted by Gasteiger charge is 2.17. The van der Waals surface area contributed by atoms with Crippen LogP contribution in [0.25, 0.3) is 0 Å². The van der Waals surface area contributed by atoms with Crippen LogP contribution in [0.1, 0.15) is 64.6 Å². The molecule has 4 heteroatoms. The number of anilines is 6. The summed E-state index contributed by atoms with van der Waals surface area (Å²) >= 11 is 0. The Hall–Kier alpha value is -6.65. The SMILES string of the molecule is C=CC(=O)Oc1ccc(N(c2ccc(C)cc2)c2ccc(C(C)c3ccc(C(C)c4ccc(N(c5ccc(C)cc5)c5ccc(C)cc5)cc4)cc3)cc2)cc1. The quantitative estimate of drug-likeness (QED) is 0.0711. The second kappa shape index (κ2) is 16.8. The first-order valence-corrected chi connectivity index (χ1v) is 19.2. The van der Waals surface area contributed by atoms with Gasteiger partial charge in [-0.15, -0.1) is 0 Å². The van der Waals surface area contributed by atoms with Gasteiger partial charge in [0, 0.05) is 52.0 Å². The third-order valence-corrected chi connectivity index (χ3v) is 10.6. The van der Waals surface area contributed by atoms with E-state index in [2.05, 4.69) is 197 Å². The summed E-state index contributed by atoms with van der Waals surface area (Å²) < 4.78 is 5.32. The maximum atomic E-state index is 11.7. The molecule has 7 aromatic carbocycles. The Morgan fingerprint density at radius 2 is 0.661 bits per heavy atom. The second-order valence-electron chi connectivity index (χ2n) is 14.6. The van der Waals surface area contributed by atoms with Gasteiger partial charge in [0.1, 0.15) is 5.75 Å². The van der Waals surface area contributed by atoms with E-state index in [0.29, 0.717) is 5.75 Å². The molecule has 0 aliphatic heterocycles. The van der Waals surface area contributed by atoms with E-state index in [1.807, 2.05) is 12.1 Å². The van der Waals surface area contributed by atoms with E-state index in [1.165, 1.54) is 38.9 Å². The number of rotatable bonds is 12. The van der Waals surface area contributed by atoms with Gasteiger partial charge in [0.25, 0.3) is 0 Å². The van der Waals surface area contributed by atoms with Crippen LogP contribution in [0.5, 0.6) is 5.75 Å². The topological polar surface area (TPSA) is 32.8 Å². The fourth-order valence-electron chi connectivity index (χ4n) is 7.08. The Morgan fingerprint density at radius 3 is 0.929 bits per heavy atom. The zero-order valence-corrected chi connectivity index (χ0v) is 32.8.